The van der Waals surface area contributed by atoms with Gasteiger partial charge in [0.15, 0.2) is 0 Å². The zero-order chi connectivity index (χ0) is 18.9. The molecular weight excluding hydrogens is 340 g/mol. The molecule has 2 aromatic rings. The average molecular weight is 358 g/mol. The van der Waals surface area contributed by atoms with Crippen molar-refractivity contribution in [3.63, 3.8) is 0 Å². The number of pyridine rings is 1. The van der Waals surface area contributed by atoms with E-state index in [4.69, 9.17) is 20.8 Å². The maximum Gasteiger partial charge on any atom is 0.335 e. The third-order valence-electron chi connectivity index (χ3n) is 3.31. The molecule has 5 N–H and O–H groups in total. The fourth-order valence-electron chi connectivity index (χ4n) is 2.02. The van der Waals surface area contributed by atoms with Crippen molar-refractivity contribution in [1.82, 2.24) is 4.98 Å². The summed E-state index contributed by atoms with van der Waals surface area (Å²) in [5, 5.41) is 23.9. The molecule has 1 heterocycles. The van der Waals surface area contributed by atoms with Crippen LogP contribution >= 0.6 is 0 Å². The van der Waals surface area contributed by atoms with Gasteiger partial charge < -0.3 is 26.1 Å². The van der Waals surface area contributed by atoms with E-state index in [1.54, 1.807) is 24.3 Å². The van der Waals surface area contributed by atoms with Crippen molar-refractivity contribution in [2.24, 2.45) is 10.9 Å². The number of amides is 1. The maximum atomic E-state index is 11.5. The van der Waals surface area contributed by atoms with Gasteiger partial charge >= 0.3 is 5.97 Å². The highest BCUT2D eigenvalue weighted by Crippen LogP contribution is 2.16. The highest BCUT2D eigenvalue weighted by Gasteiger charge is 2.11. The smallest absolute Gasteiger partial charge is 0.335 e. The number of aromatic nitrogens is 1. The lowest BCUT2D eigenvalue weighted by atomic mass is 10.2. The molecule has 0 aliphatic rings. The highest BCUT2D eigenvalue weighted by molar-refractivity contribution is 6.01. The van der Waals surface area contributed by atoms with E-state index in [0.717, 1.165) is 0 Å². The third kappa shape index (κ3) is 5.28. The van der Waals surface area contributed by atoms with Gasteiger partial charge in [0.1, 0.15) is 18.1 Å². The Balaban J connectivity index is 1.99. The van der Waals surface area contributed by atoms with Crippen LogP contribution in [-0.2, 0) is 4.79 Å². The van der Waals surface area contributed by atoms with Gasteiger partial charge in [-0.05, 0) is 36.4 Å². The molecular formula is C17H18N4O5. The van der Waals surface area contributed by atoms with E-state index in [0.29, 0.717) is 11.4 Å². The van der Waals surface area contributed by atoms with Gasteiger partial charge in [-0.25, -0.2) is 4.79 Å². The number of carboxylic acid groups (broad SMARTS) is 1. The van der Waals surface area contributed by atoms with Crippen LogP contribution in [-0.4, -0.2) is 46.0 Å². The molecule has 1 aromatic carbocycles. The molecule has 0 aliphatic heterocycles. The van der Waals surface area contributed by atoms with Crippen molar-refractivity contribution < 1.29 is 24.6 Å². The molecule has 0 radical (unpaired) electrons. The molecule has 136 valence electrons. The lowest BCUT2D eigenvalue weighted by Gasteiger charge is -2.09. The number of carboxylic acids is 1. The van der Waals surface area contributed by atoms with Gasteiger partial charge in [-0.3, -0.25) is 9.78 Å². The SMILES string of the molecule is NCCC(=O)Nc1ccc(OC/C(=N\O)c2cc(C(=O)O)ccn2)cc1. The average Bonchev–Trinajstić information content (AvgIpc) is 2.64. The molecule has 0 unspecified atom stereocenters. The van der Waals surface area contributed by atoms with Crippen LogP contribution in [0.2, 0.25) is 0 Å². The van der Waals surface area contributed by atoms with Gasteiger partial charge in [0.2, 0.25) is 5.91 Å². The molecule has 9 heteroatoms. The summed E-state index contributed by atoms with van der Waals surface area (Å²) >= 11 is 0. The van der Waals surface area contributed by atoms with E-state index >= 15 is 0 Å². The Morgan fingerprint density at radius 2 is 1.96 bits per heavy atom. The van der Waals surface area contributed by atoms with E-state index in [1.165, 1.54) is 18.3 Å². The molecule has 26 heavy (non-hydrogen) atoms. The number of carbonyl (C=O) groups excluding carboxylic acids is 1. The van der Waals surface area contributed by atoms with Crippen molar-refractivity contribution in [3.8, 4) is 5.75 Å². The summed E-state index contributed by atoms with van der Waals surface area (Å²) in [4.78, 5) is 26.4. The number of anilines is 1. The minimum Gasteiger partial charge on any atom is -0.487 e. The van der Waals surface area contributed by atoms with Crippen LogP contribution in [0.5, 0.6) is 5.75 Å². The zero-order valence-corrected chi connectivity index (χ0v) is 13.8. The van der Waals surface area contributed by atoms with Crippen LogP contribution in [0.4, 0.5) is 5.69 Å². The second-order valence-corrected chi connectivity index (χ2v) is 5.18. The Labute approximate surface area is 149 Å². The predicted octanol–water partition coefficient (Wildman–Crippen LogP) is 1.32. The number of rotatable bonds is 8. The number of aromatic carboxylic acids is 1. The number of nitrogens with zero attached hydrogens (tertiary/aromatic N) is 2. The van der Waals surface area contributed by atoms with Gasteiger partial charge in [0, 0.05) is 24.8 Å². The summed E-state index contributed by atoms with van der Waals surface area (Å²) in [6, 6.07) is 9.20. The third-order valence-corrected chi connectivity index (χ3v) is 3.31. The molecule has 0 spiro atoms. The number of nitrogens with one attached hydrogen (secondary N) is 1. The quantitative estimate of drug-likeness (QED) is 0.316. The van der Waals surface area contributed by atoms with Crippen molar-refractivity contribution >= 4 is 23.3 Å². The highest BCUT2D eigenvalue weighted by atomic mass is 16.5. The van der Waals surface area contributed by atoms with Crippen LogP contribution in [0.1, 0.15) is 22.5 Å². The van der Waals surface area contributed by atoms with E-state index in [9.17, 15) is 9.59 Å². The Hall–Kier alpha value is -3.46. The van der Waals surface area contributed by atoms with Gasteiger partial charge in [-0.15, -0.1) is 0 Å². The molecule has 0 fully saturated rings. The van der Waals surface area contributed by atoms with Crippen LogP contribution in [0.15, 0.2) is 47.8 Å². The Kier molecular flexibility index (Phi) is 6.63. The Morgan fingerprint density at radius 3 is 2.58 bits per heavy atom. The second kappa shape index (κ2) is 9.14. The summed E-state index contributed by atoms with van der Waals surface area (Å²) in [6.45, 7) is 0.152. The number of carbonyl (C=O) groups is 2. The van der Waals surface area contributed by atoms with Gasteiger partial charge in [-0.2, -0.15) is 0 Å². The van der Waals surface area contributed by atoms with Crippen LogP contribution in [0.3, 0.4) is 0 Å². The second-order valence-electron chi connectivity index (χ2n) is 5.18. The number of hydrogen-bond acceptors (Lipinski definition) is 7. The fraction of sp³-hybridized carbons (Fsp3) is 0.176. The lowest BCUT2D eigenvalue weighted by Crippen LogP contribution is -2.16. The molecule has 0 saturated heterocycles. The standard InChI is InChI=1S/C17H18N4O5/c18-7-5-16(22)20-12-1-3-13(4-2-12)26-10-15(21-25)14-9-11(17(23)24)6-8-19-14/h1-4,6,8-9,25H,5,7,10,18H2,(H,20,22)(H,23,24)/b21-15+. The molecule has 0 saturated carbocycles. The van der Waals surface area contributed by atoms with Crippen LogP contribution in [0, 0.1) is 0 Å². The normalized spacial score (nSPS) is 11.0. The summed E-state index contributed by atoms with van der Waals surface area (Å²) in [6.07, 6.45) is 1.54. The van der Waals surface area contributed by atoms with Gasteiger partial charge in [0.25, 0.3) is 0 Å². The first-order valence-corrected chi connectivity index (χ1v) is 7.67. The van der Waals surface area contributed by atoms with E-state index < -0.39 is 5.97 Å². The molecule has 0 atom stereocenters. The molecule has 2 rings (SSSR count). The van der Waals surface area contributed by atoms with Crippen molar-refractivity contribution in [1.29, 1.82) is 0 Å². The number of oxime groups is 1. The van der Waals surface area contributed by atoms with E-state index in [-0.39, 0.29) is 42.4 Å². The van der Waals surface area contributed by atoms with Crippen LogP contribution < -0.4 is 15.8 Å². The van der Waals surface area contributed by atoms with E-state index in [2.05, 4.69) is 15.5 Å². The minimum absolute atomic E-state index is 0.0220. The number of benzene rings is 1. The summed E-state index contributed by atoms with van der Waals surface area (Å²) in [5.41, 5.74) is 6.20. The summed E-state index contributed by atoms with van der Waals surface area (Å²) in [7, 11) is 0. The zero-order valence-electron chi connectivity index (χ0n) is 13.8. The fourth-order valence-corrected chi connectivity index (χ4v) is 2.02. The monoisotopic (exact) mass is 358 g/mol. The van der Waals surface area contributed by atoms with Crippen LogP contribution in [0.25, 0.3) is 0 Å². The maximum absolute atomic E-state index is 11.5. The topological polar surface area (TPSA) is 147 Å². The molecule has 1 amide bonds. The Bertz CT molecular complexity index is 805. The predicted molar refractivity (Wildman–Crippen MR) is 93.8 cm³/mol. The first-order chi connectivity index (χ1) is 12.5. The van der Waals surface area contributed by atoms with Gasteiger partial charge in [0.05, 0.1) is 11.3 Å². The molecule has 9 nitrogen and oxygen atoms in total. The first kappa shape index (κ1) is 18.9. The summed E-state index contributed by atoms with van der Waals surface area (Å²) in [5.74, 6) is -0.822. The van der Waals surface area contributed by atoms with Crippen molar-refractivity contribution in [2.75, 3.05) is 18.5 Å². The number of nitrogens with two attached hydrogens (primary N) is 1. The molecule has 0 bridgehead atoms. The minimum atomic E-state index is -1.11. The van der Waals surface area contributed by atoms with Crippen molar-refractivity contribution in [2.45, 2.75) is 6.42 Å². The number of hydrogen-bond donors (Lipinski definition) is 4. The molecule has 1 aromatic heterocycles. The molecule has 0 aliphatic carbocycles. The summed E-state index contributed by atoms with van der Waals surface area (Å²) < 4.78 is 5.51. The largest absolute Gasteiger partial charge is 0.487 e. The lowest BCUT2D eigenvalue weighted by molar-refractivity contribution is -0.116. The van der Waals surface area contributed by atoms with Crippen molar-refractivity contribution in [3.05, 3.63) is 53.9 Å². The Morgan fingerprint density at radius 1 is 1.23 bits per heavy atom. The van der Waals surface area contributed by atoms with E-state index in [1.807, 2.05) is 0 Å². The first-order valence-electron chi connectivity index (χ1n) is 7.67. The number of ether oxygens (including phenoxy) is 1. The van der Waals surface area contributed by atoms with Gasteiger partial charge in [-0.1, -0.05) is 5.16 Å².